The summed E-state index contributed by atoms with van der Waals surface area (Å²) in [6.07, 6.45) is 0.218. The van der Waals surface area contributed by atoms with Gasteiger partial charge in [-0.2, -0.15) is 12.6 Å². The van der Waals surface area contributed by atoms with E-state index in [0.717, 1.165) is 0 Å². The summed E-state index contributed by atoms with van der Waals surface area (Å²) < 4.78 is 44.2. The van der Waals surface area contributed by atoms with Crippen LogP contribution in [-0.4, -0.2) is 38.2 Å². The molecule has 78 valence electrons. The Bertz CT molecular complexity index is 378. The molecule has 4 nitrogen and oxygen atoms in total. The van der Waals surface area contributed by atoms with Crippen LogP contribution < -0.4 is 0 Å². The third-order valence-corrected chi connectivity index (χ3v) is 7.27. The van der Waals surface area contributed by atoms with Gasteiger partial charge in [-0.05, 0) is 13.3 Å². The maximum absolute atomic E-state index is 11.5. The number of hydrogen-bond acceptors (Lipinski definition) is 5. The van der Waals surface area contributed by atoms with Crippen LogP contribution in [0.15, 0.2) is 0 Å². The standard InChI is InChI=1S/C6H12O4S3/c1-5(11)13(9,10)6-2-3-12(7,8)4-6/h5-6,11H,2-4H2,1H3/t5-,6?/m1/s1. The predicted octanol–water partition coefficient (Wildman–Crippen LogP) is -0.136. The molecule has 0 N–H and O–H groups in total. The molecule has 0 saturated carbocycles. The largest absolute Gasteiger partial charge is 0.229 e. The Balaban J connectivity index is 2.90. The molecule has 0 aromatic rings. The molecule has 2 atom stereocenters. The van der Waals surface area contributed by atoms with Crippen molar-refractivity contribution < 1.29 is 16.8 Å². The first-order valence-electron chi connectivity index (χ1n) is 3.87. The van der Waals surface area contributed by atoms with Crippen molar-refractivity contribution in [1.29, 1.82) is 0 Å². The summed E-state index contributed by atoms with van der Waals surface area (Å²) in [6.45, 7) is 1.45. The summed E-state index contributed by atoms with van der Waals surface area (Å²) in [6, 6.07) is 0. The van der Waals surface area contributed by atoms with Crippen LogP contribution in [0.2, 0.25) is 0 Å². The van der Waals surface area contributed by atoms with Gasteiger partial charge in [0.05, 0.1) is 16.8 Å². The Morgan fingerprint density at radius 1 is 1.46 bits per heavy atom. The van der Waals surface area contributed by atoms with Crippen LogP contribution in [0.4, 0.5) is 0 Å². The van der Waals surface area contributed by atoms with Crippen LogP contribution in [0.25, 0.3) is 0 Å². The van der Waals surface area contributed by atoms with Gasteiger partial charge in [0.25, 0.3) is 0 Å². The molecule has 7 heteroatoms. The number of rotatable bonds is 2. The second-order valence-electron chi connectivity index (χ2n) is 3.21. The number of sulfone groups is 2. The van der Waals surface area contributed by atoms with E-state index >= 15 is 0 Å². The molecule has 1 heterocycles. The van der Waals surface area contributed by atoms with E-state index in [1.54, 1.807) is 0 Å². The minimum atomic E-state index is -3.36. The second-order valence-corrected chi connectivity index (χ2v) is 9.12. The predicted molar refractivity (Wildman–Crippen MR) is 54.4 cm³/mol. The summed E-state index contributed by atoms with van der Waals surface area (Å²) in [5.74, 6) is -0.252. The van der Waals surface area contributed by atoms with E-state index in [1.807, 2.05) is 0 Å². The van der Waals surface area contributed by atoms with Gasteiger partial charge in [-0.3, -0.25) is 0 Å². The first-order chi connectivity index (χ1) is 5.76. The highest BCUT2D eigenvalue weighted by atomic mass is 32.2. The second kappa shape index (κ2) is 3.43. The molecule has 1 aliphatic rings. The van der Waals surface area contributed by atoms with Gasteiger partial charge in [-0.25, -0.2) is 16.8 Å². The lowest BCUT2D eigenvalue weighted by Crippen LogP contribution is -2.28. The van der Waals surface area contributed by atoms with E-state index < -0.39 is 29.5 Å². The molecule has 1 rings (SSSR count). The minimum Gasteiger partial charge on any atom is -0.229 e. The quantitative estimate of drug-likeness (QED) is 0.687. The van der Waals surface area contributed by atoms with Crippen LogP contribution in [0.3, 0.4) is 0 Å². The van der Waals surface area contributed by atoms with Crippen LogP contribution in [0.1, 0.15) is 13.3 Å². The first kappa shape index (κ1) is 11.3. The van der Waals surface area contributed by atoms with Gasteiger partial charge in [-0.15, -0.1) is 0 Å². The normalized spacial score (nSPS) is 30.2. The van der Waals surface area contributed by atoms with E-state index in [0.29, 0.717) is 0 Å². The van der Waals surface area contributed by atoms with E-state index in [9.17, 15) is 16.8 Å². The van der Waals surface area contributed by atoms with Gasteiger partial charge in [-0.1, -0.05) is 0 Å². The molecule has 0 aromatic carbocycles. The molecule has 0 aromatic heterocycles. The van der Waals surface area contributed by atoms with Gasteiger partial charge in [0.1, 0.15) is 4.58 Å². The molecule has 0 amide bonds. The monoisotopic (exact) mass is 244 g/mol. The molecule has 0 bridgehead atoms. The van der Waals surface area contributed by atoms with Crippen molar-refractivity contribution in [2.75, 3.05) is 11.5 Å². The average Bonchev–Trinajstić information content (AvgIpc) is 2.30. The zero-order chi connectivity index (χ0) is 10.3. The Hall–Kier alpha value is 0.250. The summed E-state index contributed by atoms with van der Waals surface area (Å²) in [4.78, 5) is 0. The minimum absolute atomic E-state index is 0.0165. The fourth-order valence-corrected chi connectivity index (χ4v) is 5.89. The smallest absolute Gasteiger partial charge is 0.165 e. The first-order valence-corrected chi connectivity index (χ1v) is 7.81. The molecule has 1 aliphatic heterocycles. The molecule has 1 fully saturated rings. The van der Waals surface area contributed by atoms with Crippen molar-refractivity contribution in [3.63, 3.8) is 0 Å². The Kier molecular flexibility index (Phi) is 2.99. The summed E-state index contributed by atoms with van der Waals surface area (Å²) in [5.41, 5.74) is 0. The highest BCUT2D eigenvalue weighted by Gasteiger charge is 2.38. The Morgan fingerprint density at radius 2 is 2.00 bits per heavy atom. The molecular weight excluding hydrogens is 232 g/mol. The molecule has 0 spiro atoms. The molecule has 1 unspecified atom stereocenters. The Labute approximate surface area is 84.0 Å². The topological polar surface area (TPSA) is 68.3 Å². The molecule has 0 aliphatic carbocycles. The van der Waals surface area contributed by atoms with Crippen LogP contribution in [0, 0.1) is 0 Å². The summed E-state index contributed by atoms with van der Waals surface area (Å²) in [5, 5.41) is -0.745. The van der Waals surface area contributed by atoms with E-state index in [2.05, 4.69) is 12.6 Å². The van der Waals surface area contributed by atoms with Gasteiger partial charge >= 0.3 is 0 Å². The summed E-state index contributed by atoms with van der Waals surface area (Å²) in [7, 11) is -6.49. The third kappa shape index (κ3) is 2.38. The van der Waals surface area contributed by atoms with Crippen molar-refractivity contribution in [3.8, 4) is 0 Å². The van der Waals surface area contributed by atoms with Crippen LogP contribution in [-0.2, 0) is 19.7 Å². The third-order valence-electron chi connectivity index (χ3n) is 2.13. The molecule has 0 radical (unpaired) electrons. The zero-order valence-electron chi connectivity index (χ0n) is 7.17. The summed E-state index contributed by atoms with van der Waals surface area (Å²) >= 11 is 3.83. The van der Waals surface area contributed by atoms with Crippen LogP contribution in [0.5, 0.6) is 0 Å². The maximum Gasteiger partial charge on any atom is 0.165 e. The van der Waals surface area contributed by atoms with Crippen LogP contribution >= 0.6 is 12.6 Å². The van der Waals surface area contributed by atoms with Crippen molar-refractivity contribution in [1.82, 2.24) is 0 Å². The maximum atomic E-state index is 11.5. The van der Waals surface area contributed by atoms with E-state index in [-0.39, 0.29) is 17.9 Å². The zero-order valence-corrected chi connectivity index (χ0v) is 9.70. The van der Waals surface area contributed by atoms with Crippen molar-refractivity contribution in [2.45, 2.75) is 23.2 Å². The lowest BCUT2D eigenvalue weighted by molar-refractivity contribution is 0.581. The van der Waals surface area contributed by atoms with Gasteiger partial charge in [0.2, 0.25) is 0 Å². The van der Waals surface area contributed by atoms with Gasteiger partial charge in [0, 0.05) is 0 Å². The molecular formula is C6H12O4S3. The van der Waals surface area contributed by atoms with Gasteiger partial charge < -0.3 is 0 Å². The highest BCUT2D eigenvalue weighted by Crippen LogP contribution is 2.23. The fraction of sp³-hybridized carbons (Fsp3) is 1.00. The molecule has 13 heavy (non-hydrogen) atoms. The van der Waals surface area contributed by atoms with Crippen molar-refractivity contribution in [2.24, 2.45) is 0 Å². The average molecular weight is 244 g/mol. The fourth-order valence-electron chi connectivity index (χ4n) is 1.30. The number of thiol groups is 1. The lowest BCUT2D eigenvalue weighted by Gasteiger charge is -2.11. The Morgan fingerprint density at radius 3 is 2.31 bits per heavy atom. The lowest BCUT2D eigenvalue weighted by atomic mass is 10.4. The van der Waals surface area contributed by atoms with E-state index in [1.165, 1.54) is 6.92 Å². The molecule has 1 saturated heterocycles. The van der Waals surface area contributed by atoms with Gasteiger partial charge in [0.15, 0.2) is 19.7 Å². The number of hydrogen-bond donors (Lipinski definition) is 1. The highest BCUT2D eigenvalue weighted by molar-refractivity contribution is 8.06. The van der Waals surface area contributed by atoms with E-state index in [4.69, 9.17) is 0 Å². The SMILES string of the molecule is C[C@H](S)S(=O)(=O)C1CCS(=O)(=O)C1. The van der Waals surface area contributed by atoms with Crippen molar-refractivity contribution >= 4 is 32.3 Å². The van der Waals surface area contributed by atoms with Crippen molar-refractivity contribution in [3.05, 3.63) is 0 Å².